The zero-order valence-electron chi connectivity index (χ0n) is 24.4. The molecule has 1 aromatic heterocycles. The van der Waals surface area contributed by atoms with Gasteiger partial charge in [-0.1, -0.05) is 23.7 Å². The van der Waals surface area contributed by atoms with Crippen molar-refractivity contribution in [3.63, 3.8) is 0 Å². The number of anilines is 1. The normalized spacial score (nSPS) is 18.2. The maximum absolute atomic E-state index is 13.7. The molecule has 9 nitrogen and oxygen atoms in total. The van der Waals surface area contributed by atoms with Gasteiger partial charge in [0, 0.05) is 96.5 Å². The van der Waals surface area contributed by atoms with Crippen LogP contribution in [0.3, 0.4) is 0 Å². The van der Waals surface area contributed by atoms with Crippen molar-refractivity contribution in [2.75, 3.05) is 54.9 Å². The van der Waals surface area contributed by atoms with Crippen molar-refractivity contribution in [3.8, 4) is 0 Å². The van der Waals surface area contributed by atoms with Crippen LogP contribution in [-0.4, -0.2) is 101 Å². The van der Waals surface area contributed by atoms with Gasteiger partial charge in [0.25, 0.3) is 0 Å². The van der Waals surface area contributed by atoms with Crippen LogP contribution >= 0.6 is 11.6 Å². The summed E-state index contributed by atoms with van der Waals surface area (Å²) >= 11 is 6.07. The second-order valence-electron chi connectivity index (χ2n) is 11.3. The van der Waals surface area contributed by atoms with Gasteiger partial charge in [-0.05, 0) is 66.9 Å². The SMILES string of the molecule is Cc1cc(N2CCC(N(CCC(O)N3CCS(=O)CC3)C(=O)CCS(=O)(=O)c3ccc4cc(Cl)ccc4c3)CC2)ccn1. The standard InChI is InChI=1S/C31H39ClN4O5S2/c1-23-20-28(6-11-33-23)34-12-7-27(8-13-34)36(14-9-30(37)35-15-17-42(39)18-16-35)31(38)10-19-43(40,41)29-5-3-24-21-26(32)4-2-25(24)22-29/h2-6,11,20-22,27,30,37H,7-10,12-19H2,1H3. The maximum atomic E-state index is 13.7. The quantitative estimate of drug-likeness (QED) is 0.356. The van der Waals surface area contributed by atoms with Gasteiger partial charge in [-0.25, -0.2) is 8.42 Å². The molecule has 0 radical (unpaired) electrons. The zero-order chi connectivity index (χ0) is 30.6. The van der Waals surface area contributed by atoms with Gasteiger partial charge in [-0.2, -0.15) is 0 Å². The zero-order valence-corrected chi connectivity index (χ0v) is 26.8. The summed E-state index contributed by atoms with van der Waals surface area (Å²) in [6.07, 6.45) is 2.75. The average Bonchev–Trinajstić information content (AvgIpc) is 3.00. The Morgan fingerprint density at radius 2 is 1.77 bits per heavy atom. The molecule has 1 N–H and O–H groups in total. The van der Waals surface area contributed by atoms with Gasteiger partial charge in [0.05, 0.1) is 10.6 Å². The molecule has 2 saturated heterocycles. The molecule has 0 bridgehead atoms. The number of aliphatic hydroxyl groups excluding tert-OH is 1. The lowest BCUT2D eigenvalue weighted by Gasteiger charge is -2.40. The van der Waals surface area contributed by atoms with E-state index in [1.54, 1.807) is 47.5 Å². The van der Waals surface area contributed by atoms with Crippen LogP contribution in [-0.2, 0) is 25.4 Å². The Kier molecular flexibility index (Phi) is 10.4. The summed E-state index contributed by atoms with van der Waals surface area (Å²) in [5, 5.41) is 13.1. The van der Waals surface area contributed by atoms with Gasteiger partial charge in [-0.3, -0.25) is 18.9 Å². The summed E-state index contributed by atoms with van der Waals surface area (Å²) in [5.41, 5.74) is 2.05. The number of aryl methyl sites for hydroxylation is 1. The van der Waals surface area contributed by atoms with E-state index in [9.17, 15) is 22.5 Å². The molecule has 12 heteroatoms. The van der Waals surface area contributed by atoms with Crippen LogP contribution in [0.5, 0.6) is 0 Å². The third-order valence-electron chi connectivity index (χ3n) is 8.45. The van der Waals surface area contributed by atoms with E-state index < -0.39 is 26.9 Å². The molecule has 0 spiro atoms. The minimum Gasteiger partial charge on any atom is -0.378 e. The number of hydrogen-bond donors (Lipinski definition) is 1. The molecule has 232 valence electrons. The van der Waals surface area contributed by atoms with Crippen molar-refractivity contribution >= 4 is 54.6 Å². The van der Waals surface area contributed by atoms with E-state index in [0.29, 0.717) is 42.6 Å². The number of amides is 1. The third-order valence-corrected chi connectivity index (χ3v) is 11.7. The molecule has 3 heterocycles. The fourth-order valence-corrected chi connectivity index (χ4v) is 8.45. The lowest BCUT2D eigenvalue weighted by molar-refractivity contribution is -0.134. The molecule has 2 aromatic carbocycles. The Balaban J connectivity index is 1.26. The van der Waals surface area contributed by atoms with Crippen molar-refractivity contribution in [3.05, 3.63) is 65.4 Å². The second-order valence-corrected chi connectivity index (χ2v) is 15.6. The fourth-order valence-electron chi connectivity index (χ4n) is 5.93. The van der Waals surface area contributed by atoms with E-state index in [-0.39, 0.29) is 29.0 Å². The Hall–Kier alpha value is -2.57. The van der Waals surface area contributed by atoms with E-state index in [1.165, 1.54) is 0 Å². The Bertz CT molecular complexity index is 1570. The Labute approximate surface area is 261 Å². The number of sulfone groups is 1. The molecular weight excluding hydrogens is 608 g/mol. The number of halogens is 1. The number of hydrogen-bond acceptors (Lipinski definition) is 8. The smallest absolute Gasteiger partial charge is 0.223 e. The molecule has 0 aliphatic carbocycles. The van der Waals surface area contributed by atoms with E-state index in [1.807, 2.05) is 17.9 Å². The fraction of sp³-hybridized carbons (Fsp3) is 0.484. The average molecular weight is 647 g/mol. The molecule has 1 atom stereocenters. The number of benzene rings is 2. The number of fused-ring (bicyclic) bond motifs is 1. The van der Waals surface area contributed by atoms with Gasteiger partial charge in [0.1, 0.15) is 6.23 Å². The van der Waals surface area contributed by atoms with Gasteiger partial charge >= 0.3 is 0 Å². The van der Waals surface area contributed by atoms with Crippen molar-refractivity contribution < 1.29 is 22.5 Å². The number of aliphatic hydroxyl groups is 1. The molecule has 3 aromatic rings. The summed E-state index contributed by atoms with van der Waals surface area (Å²) < 4.78 is 38.3. The summed E-state index contributed by atoms with van der Waals surface area (Å²) in [7, 11) is -4.55. The molecular formula is C31H39ClN4O5S2. The van der Waals surface area contributed by atoms with Crippen LogP contribution in [0.15, 0.2) is 59.6 Å². The minimum absolute atomic E-state index is 0.0548. The maximum Gasteiger partial charge on any atom is 0.223 e. The first-order valence-electron chi connectivity index (χ1n) is 14.8. The number of carbonyl (C=O) groups is 1. The van der Waals surface area contributed by atoms with Crippen LogP contribution in [0, 0.1) is 6.92 Å². The molecule has 43 heavy (non-hydrogen) atoms. The Morgan fingerprint density at radius 1 is 1.07 bits per heavy atom. The van der Waals surface area contributed by atoms with Crippen molar-refractivity contribution in [2.45, 2.75) is 49.8 Å². The number of aromatic nitrogens is 1. The van der Waals surface area contributed by atoms with Crippen molar-refractivity contribution in [2.24, 2.45) is 0 Å². The first kappa shape index (κ1) is 31.8. The first-order valence-corrected chi connectivity index (χ1v) is 18.3. The molecule has 2 fully saturated rings. The molecule has 5 rings (SSSR count). The lowest BCUT2D eigenvalue weighted by Crippen LogP contribution is -2.50. The van der Waals surface area contributed by atoms with E-state index >= 15 is 0 Å². The van der Waals surface area contributed by atoms with Gasteiger partial charge in [0.2, 0.25) is 5.91 Å². The second kappa shape index (κ2) is 14.0. The van der Waals surface area contributed by atoms with Gasteiger partial charge in [-0.15, -0.1) is 0 Å². The summed E-state index contributed by atoms with van der Waals surface area (Å²) in [4.78, 5) is 24.1. The Morgan fingerprint density at radius 3 is 2.49 bits per heavy atom. The summed E-state index contributed by atoms with van der Waals surface area (Å²) in [5.74, 6) is 0.552. The van der Waals surface area contributed by atoms with Crippen molar-refractivity contribution in [1.82, 2.24) is 14.8 Å². The lowest BCUT2D eigenvalue weighted by atomic mass is 10.0. The van der Waals surface area contributed by atoms with Crippen LogP contribution in [0.25, 0.3) is 10.8 Å². The van der Waals surface area contributed by atoms with Crippen LogP contribution < -0.4 is 4.90 Å². The predicted octanol–water partition coefficient (Wildman–Crippen LogP) is 3.63. The van der Waals surface area contributed by atoms with Gasteiger partial charge in [0.15, 0.2) is 9.84 Å². The van der Waals surface area contributed by atoms with Crippen LogP contribution in [0.2, 0.25) is 5.02 Å². The highest BCUT2D eigenvalue weighted by molar-refractivity contribution is 7.91. The summed E-state index contributed by atoms with van der Waals surface area (Å²) in [6, 6.07) is 14.2. The largest absolute Gasteiger partial charge is 0.378 e. The van der Waals surface area contributed by atoms with Gasteiger partial charge < -0.3 is 14.9 Å². The molecule has 2 aliphatic heterocycles. The minimum atomic E-state index is -3.70. The highest BCUT2D eigenvalue weighted by Crippen LogP contribution is 2.26. The molecule has 1 amide bonds. The third kappa shape index (κ3) is 8.13. The molecule has 0 saturated carbocycles. The summed E-state index contributed by atoms with van der Waals surface area (Å²) in [6.45, 7) is 4.93. The number of piperidine rings is 1. The van der Waals surface area contributed by atoms with E-state index in [2.05, 4.69) is 16.0 Å². The number of pyridine rings is 1. The van der Waals surface area contributed by atoms with Crippen molar-refractivity contribution in [1.29, 1.82) is 0 Å². The van der Waals surface area contributed by atoms with E-state index in [0.717, 1.165) is 48.1 Å². The van der Waals surface area contributed by atoms with Crippen LogP contribution in [0.4, 0.5) is 5.69 Å². The highest BCUT2D eigenvalue weighted by Gasteiger charge is 2.31. The predicted molar refractivity (Wildman–Crippen MR) is 172 cm³/mol. The monoisotopic (exact) mass is 646 g/mol. The van der Waals surface area contributed by atoms with E-state index in [4.69, 9.17) is 11.6 Å². The molecule has 2 aliphatic rings. The molecule has 1 unspecified atom stereocenters. The number of rotatable bonds is 10. The number of carbonyl (C=O) groups excluding carboxylic acids is 1. The topological polar surface area (TPSA) is 111 Å². The first-order chi connectivity index (χ1) is 20.6. The van der Waals surface area contributed by atoms with Crippen LogP contribution in [0.1, 0.15) is 31.4 Å². The number of nitrogens with zero attached hydrogens (tertiary/aromatic N) is 4. The highest BCUT2D eigenvalue weighted by atomic mass is 35.5.